The molecule has 1 unspecified atom stereocenters. The first-order chi connectivity index (χ1) is 12.5. The summed E-state index contributed by atoms with van der Waals surface area (Å²) in [6, 6.07) is 12.5. The van der Waals surface area contributed by atoms with E-state index >= 15 is 0 Å². The lowest BCUT2D eigenvalue weighted by Crippen LogP contribution is -2.42. The van der Waals surface area contributed by atoms with Crippen molar-refractivity contribution in [3.63, 3.8) is 0 Å². The SMILES string of the molecule is O=C(CCc1nc2ccccc2s1)NC(Cc1ccccc1F)C(=O)O. The van der Waals surface area contributed by atoms with Crippen molar-refractivity contribution in [1.29, 1.82) is 0 Å². The molecule has 3 rings (SSSR count). The van der Waals surface area contributed by atoms with Gasteiger partial charge in [0.15, 0.2) is 0 Å². The molecule has 134 valence electrons. The van der Waals surface area contributed by atoms with Gasteiger partial charge in [-0.05, 0) is 23.8 Å². The number of hydrogen-bond acceptors (Lipinski definition) is 4. The molecule has 0 saturated heterocycles. The quantitative estimate of drug-likeness (QED) is 0.668. The summed E-state index contributed by atoms with van der Waals surface area (Å²) in [5.74, 6) is -2.07. The summed E-state index contributed by atoms with van der Waals surface area (Å²) in [6.45, 7) is 0. The van der Waals surface area contributed by atoms with Crippen molar-refractivity contribution in [3.05, 3.63) is 64.9 Å². The zero-order chi connectivity index (χ0) is 18.5. The average molecular weight is 372 g/mol. The first kappa shape index (κ1) is 18.0. The van der Waals surface area contributed by atoms with Crippen molar-refractivity contribution in [2.75, 3.05) is 0 Å². The Bertz CT molecular complexity index is 908. The highest BCUT2D eigenvalue weighted by Crippen LogP contribution is 2.22. The van der Waals surface area contributed by atoms with Crippen LogP contribution in [0, 0.1) is 5.82 Å². The third-order valence-electron chi connectivity index (χ3n) is 3.92. The zero-order valence-electron chi connectivity index (χ0n) is 13.8. The van der Waals surface area contributed by atoms with E-state index < -0.39 is 23.7 Å². The van der Waals surface area contributed by atoms with E-state index in [1.807, 2.05) is 24.3 Å². The number of halogens is 1. The van der Waals surface area contributed by atoms with Gasteiger partial charge < -0.3 is 10.4 Å². The number of aryl methyl sites for hydroxylation is 1. The lowest BCUT2D eigenvalue weighted by molar-refractivity contribution is -0.141. The molecule has 0 saturated carbocycles. The fourth-order valence-corrected chi connectivity index (χ4v) is 3.56. The minimum atomic E-state index is -1.19. The number of nitrogens with zero attached hydrogens (tertiary/aromatic N) is 1. The standard InChI is InChI=1S/C19H17FN2O3S/c20-13-6-2-1-5-12(13)11-15(19(24)25)21-17(23)9-10-18-22-14-7-3-4-8-16(14)26-18/h1-8,15H,9-11H2,(H,21,23)(H,24,25). The molecule has 3 aromatic rings. The van der Waals surface area contributed by atoms with Gasteiger partial charge in [-0.3, -0.25) is 4.79 Å². The lowest BCUT2D eigenvalue weighted by atomic mass is 10.1. The second kappa shape index (κ2) is 8.05. The second-order valence-electron chi connectivity index (χ2n) is 5.83. The fourth-order valence-electron chi connectivity index (χ4n) is 2.60. The van der Waals surface area contributed by atoms with Crippen molar-refractivity contribution in [3.8, 4) is 0 Å². The number of carbonyl (C=O) groups is 2. The highest BCUT2D eigenvalue weighted by molar-refractivity contribution is 7.18. The maximum absolute atomic E-state index is 13.7. The van der Waals surface area contributed by atoms with Gasteiger partial charge in [-0.25, -0.2) is 14.2 Å². The van der Waals surface area contributed by atoms with E-state index in [2.05, 4.69) is 10.3 Å². The number of aromatic nitrogens is 1. The molecular weight excluding hydrogens is 355 g/mol. The first-order valence-corrected chi connectivity index (χ1v) is 8.94. The maximum atomic E-state index is 13.7. The molecule has 7 heteroatoms. The first-order valence-electron chi connectivity index (χ1n) is 8.13. The highest BCUT2D eigenvalue weighted by Gasteiger charge is 2.21. The highest BCUT2D eigenvalue weighted by atomic mass is 32.1. The number of amides is 1. The van der Waals surface area contributed by atoms with Gasteiger partial charge in [-0.15, -0.1) is 11.3 Å². The zero-order valence-corrected chi connectivity index (χ0v) is 14.6. The molecule has 0 fully saturated rings. The minimum Gasteiger partial charge on any atom is -0.480 e. The van der Waals surface area contributed by atoms with E-state index in [0.717, 1.165) is 15.2 Å². The van der Waals surface area contributed by atoms with Crippen LogP contribution in [0.5, 0.6) is 0 Å². The largest absolute Gasteiger partial charge is 0.480 e. The van der Waals surface area contributed by atoms with Crippen molar-refractivity contribution >= 4 is 33.4 Å². The molecule has 1 heterocycles. The van der Waals surface area contributed by atoms with Crippen LogP contribution in [0.3, 0.4) is 0 Å². The van der Waals surface area contributed by atoms with Crippen molar-refractivity contribution in [2.24, 2.45) is 0 Å². The number of carbonyl (C=O) groups excluding carboxylic acids is 1. The molecule has 1 aromatic heterocycles. The molecule has 5 nitrogen and oxygen atoms in total. The summed E-state index contributed by atoms with van der Waals surface area (Å²) < 4.78 is 14.8. The maximum Gasteiger partial charge on any atom is 0.326 e. The van der Waals surface area contributed by atoms with Crippen molar-refractivity contribution in [2.45, 2.75) is 25.3 Å². The molecular formula is C19H17FN2O3S. The van der Waals surface area contributed by atoms with Crippen LogP contribution in [0.25, 0.3) is 10.2 Å². The molecule has 1 amide bonds. The lowest BCUT2D eigenvalue weighted by Gasteiger charge is -2.15. The number of fused-ring (bicyclic) bond motifs is 1. The van der Waals surface area contributed by atoms with Crippen LogP contribution in [-0.2, 0) is 22.4 Å². The Morgan fingerprint density at radius 2 is 1.88 bits per heavy atom. The number of rotatable bonds is 7. The Kier molecular flexibility index (Phi) is 5.58. The molecule has 0 spiro atoms. The van der Waals surface area contributed by atoms with Gasteiger partial charge in [0.25, 0.3) is 0 Å². The molecule has 26 heavy (non-hydrogen) atoms. The summed E-state index contributed by atoms with van der Waals surface area (Å²) in [7, 11) is 0. The van der Waals surface area contributed by atoms with Gasteiger partial charge in [0.2, 0.25) is 5.91 Å². The number of aliphatic carboxylic acids is 1. The Morgan fingerprint density at radius 1 is 1.15 bits per heavy atom. The number of hydrogen-bond donors (Lipinski definition) is 2. The number of carboxylic acid groups (broad SMARTS) is 1. The van der Waals surface area contributed by atoms with Crippen LogP contribution >= 0.6 is 11.3 Å². The normalized spacial score (nSPS) is 12.0. The predicted molar refractivity (Wildman–Crippen MR) is 97.6 cm³/mol. The number of thiazole rings is 1. The van der Waals surface area contributed by atoms with Gasteiger partial charge in [0.05, 0.1) is 15.2 Å². The summed E-state index contributed by atoms with van der Waals surface area (Å²) >= 11 is 1.51. The van der Waals surface area contributed by atoms with E-state index in [0.29, 0.717) is 6.42 Å². The molecule has 0 radical (unpaired) electrons. The molecule has 2 N–H and O–H groups in total. The minimum absolute atomic E-state index is 0.102. The molecule has 0 aliphatic heterocycles. The van der Waals surface area contributed by atoms with Crippen LogP contribution in [-0.4, -0.2) is 28.0 Å². The van der Waals surface area contributed by atoms with Crippen molar-refractivity contribution in [1.82, 2.24) is 10.3 Å². The second-order valence-corrected chi connectivity index (χ2v) is 6.94. The van der Waals surface area contributed by atoms with E-state index in [9.17, 15) is 19.1 Å². The van der Waals surface area contributed by atoms with Gasteiger partial charge in [0.1, 0.15) is 11.9 Å². The Morgan fingerprint density at radius 3 is 2.62 bits per heavy atom. The van der Waals surface area contributed by atoms with E-state index in [1.54, 1.807) is 6.07 Å². The average Bonchev–Trinajstić information content (AvgIpc) is 3.04. The Hall–Kier alpha value is -2.80. The third kappa shape index (κ3) is 4.43. The Labute approximate surface area is 153 Å². The smallest absolute Gasteiger partial charge is 0.326 e. The molecule has 2 aromatic carbocycles. The van der Waals surface area contributed by atoms with Gasteiger partial charge in [-0.2, -0.15) is 0 Å². The summed E-state index contributed by atoms with van der Waals surface area (Å²) in [5, 5.41) is 12.6. The number of nitrogens with one attached hydrogen (secondary N) is 1. The van der Waals surface area contributed by atoms with Crippen LogP contribution in [0.4, 0.5) is 4.39 Å². The van der Waals surface area contributed by atoms with Gasteiger partial charge in [0, 0.05) is 19.3 Å². The molecule has 0 aliphatic rings. The topological polar surface area (TPSA) is 79.3 Å². The molecule has 0 aliphatic carbocycles. The summed E-state index contributed by atoms with van der Waals surface area (Å²) in [6.07, 6.45) is 0.451. The van der Waals surface area contributed by atoms with Crippen molar-refractivity contribution < 1.29 is 19.1 Å². The number of benzene rings is 2. The summed E-state index contributed by atoms with van der Waals surface area (Å²) in [5.41, 5.74) is 1.14. The van der Waals surface area contributed by atoms with Crippen LogP contribution in [0.1, 0.15) is 17.0 Å². The van der Waals surface area contributed by atoms with Gasteiger partial charge >= 0.3 is 5.97 Å². The number of carboxylic acids is 1. The Balaban J connectivity index is 1.59. The van der Waals surface area contributed by atoms with Gasteiger partial charge in [-0.1, -0.05) is 30.3 Å². The van der Waals surface area contributed by atoms with E-state index in [-0.39, 0.29) is 18.4 Å². The fraction of sp³-hybridized carbons (Fsp3) is 0.211. The van der Waals surface area contributed by atoms with E-state index in [4.69, 9.17) is 0 Å². The monoisotopic (exact) mass is 372 g/mol. The molecule has 0 bridgehead atoms. The van der Waals surface area contributed by atoms with E-state index in [1.165, 1.54) is 29.5 Å². The summed E-state index contributed by atoms with van der Waals surface area (Å²) in [4.78, 5) is 28.0. The van der Waals surface area contributed by atoms with Crippen LogP contribution in [0.2, 0.25) is 0 Å². The molecule has 1 atom stereocenters. The third-order valence-corrected chi connectivity index (χ3v) is 5.02. The predicted octanol–water partition coefficient (Wildman–Crippen LogP) is 3.18. The van der Waals surface area contributed by atoms with Crippen LogP contribution < -0.4 is 5.32 Å². The van der Waals surface area contributed by atoms with Crippen LogP contribution in [0.15, 0.2) is 48.5 Å². The number of para-hydroxylation sites is 1.